The monoisotopic (exact) mass is 106 g/mol. The first-order valence-electron chi connectivity index (χ1n) is 2.08. The second kappa shape index (κ2) is 3.58. The number of ether oxygens (including phenoxy) is 1. The van der Waals surface area contributed by atoms with E-state index in [-0.39, 0.29) is 9.90 Å². The van der Waals surface area contributed by atoms with Crippen molar-refractivity contribution >= 4 is 9.90 Å². The summed E-state index contributed by atoms with van der Waals surface area (Å²) in [5.74, 6) is 0. The van der Waals surface area contributed by atoms with Crippen molar-refractivity contribution in [2.75, 3.05) is 13.2 Å². The average molecular weight is 106 g/mol. The minimum Gasteiger partial charge on any atom is -0.381 e. The molecule has 0 aromatic rings. The van der Waals surface area contributed by atoms with Crippen LogP contribution in [-0.2, 0) is 4.74 Å². The highest BCUT2D eigenvalue weighted by Gasteiger charge is 1.94. The first-order chi connectivity index (χ1) is 2.50. The molecule has 2 heteroatoms. The average Bonchev–Trinajstić information content (AvgIpc) is 1.76. The maximum Gasteiger partial charge on any atom is 0.0466 e. The fourth-order valence-electron chi connectivity index (χ4n) is 0.510. The van der Waals surface area contributed by atoms with E-state index in [4.69, 9.17) is 4.74 Å². The van der Waals surface area contributed by atoms with Gasteiger partial charge in [0, 0.05) is 13.2 Å². The van der Waals surface area contributed by atoms with Gasteiger partial charge in [0.1, 0.15) is 0 Å². The first kappa shape index (κ1) is 6.39. The third kappa shape index (κ3) is 1.74. The Kier molecular flexibility index (Phi) is 3.81. The van der Waals surface area contributed by atoms with Crippen LogP contribution in [0.25, 0.3) is 0 Å². The van der Waals surface area contributed by atoms with Gasteiger partial charge in [-0.15, -0.1) is 0 Å². The molecule has 1 aliphatic rings. The van der Waals surface area contributed by atoms with Crippen LogP contribution in [-0.4, -0.2) is 13.2 Å². The molecule has 0 radical (unpaired) electrons. The molecule has 0 aliphatic carbocycles. The van der Waals surface area contributed by atoms with E-state index in [0.29, 0.717) is 0 Å². The van der Waals surface area contributed by atoms with Gasteiger partial charge in [0.25, 0.3) is 0 Å². The van der Waals surface area contributed by atoms with Gasteiger partial charge < -0.3 is 4.74 Å². The highest BCUT2D eigenvalue weighted by molar-refractivity contribution is 6.92. The lowest BCUT2D eigenvalue weighted by Gasteiger charge is -1.76. The van der Waals surface area contributed by atoms with E-state index in [1.165, 1.54) is 12.8 Å². The molecule has 6 heavy (non-hydrogen) atoms. The molecule has 0 N–H and O–H groups in total. The highest BCUT2D eigenvalue weighted by atomic mass is 31.0. The third-order valence-electron chi connectivity index (χ3n) is 0.827. The van der Waals surface area contributed by atoms with Crippen LogP contribution in [0.5, 0.6) is 0 Å². The summed E-state index contributed by atoms with van der Waals surface area (Å²) < 4.78 is 4.94. The van der Waals surface area contributed by atoms with Gasteiger partial charge >= 0.3 is 0 Å². The SMILES string of the molecule is C1CCOC1.P. The van der Waals surface area contributed by atoms with Crippen LogP contribution >= 0.6 is 9.90 Å². The van der Waals surface area contributed by atoms with Gasteiger partial charge in [0.05, 0.1) is 0 Å². The Hall–Kier alpha value is 0.390. The molecule has 0 aromatic heterocycles. The van der Waals surface area contributed by atoms with E-state index in [0.717, 1.165) is 13.2 Å². The Morgan fingerprint density at radius 2 is 1.50 bits per heavy atom. The van der Waals surface area contributed by atoms with Crippen molar-refractivity contribution in [3.63, 3.8) is 0 Å². The normalized spacial score (nSPS) is 20.0. The molecular weight excluding hydrogens is 95.0 g/mol. The second-order valence-electron chi connectivity index (χ2n) is 1.32. The van der Waals surface area contributed by atoms with Gasteiger partial charge in [-0.05, 0) is 12.8 Å². The van der Waals surface area contributed by atoms with Gasteiger partial charge in [-0.2, -0.15) is 9.90 Å². The molecule has 38 valence electrons. The van der Waals surface area contributed by atoms with Crippen molar-refractivity contribution in [1.82, 2.24) is 0 Å². The summed E-state index contributed by atoms with van der Waals surface area (Å²) in [4.78, 5) is 0. The summed E-state index contributed by atoms with van der Waals surface area (Å²) in [5, 5.41) is 0. The lowest BCUT2D eigenvalue weighted by molar-refractivity contribution is 0.198. The highest BCUT2D eigenvalue weighted by Crippen LogP contribution is 1.98. The summed E-state index contributed by atoms with van der Waals surface area (Å²) in [6, 6.07) is 0. The van der Waals surface area contributed by atoms with E-state index < -0.39 is 0 Å². The minimum absolute atomic E-state index is 0. The lowest BCUT2D eigenvalue weighted by atomic mass is 10.4. The van der Waals surface area contributed by atoms with Crippen LogP contribution in [0.15, 0.2) is 0 Å². The van der Waals surface area contributed by atoms with Crippen LogP contribution in [0.3, 0.4) is 0 Å². The van der Waals surface area contributed by atoms with Crippen molar-refractivity contribution in [2.45, 2.75) is 12.8 Å². The molecule has 1 unspecified atom stereocenters. The summed E-state index contributed by atoms with van der Waals surface area (Å²) in [6.07, 6.45) is 2.56. The molecule has 1 heterocycles. The zero-order valence-electron chi connectivity index (χ0n) is 3.94. The van der Waals surface area contributed by atoms with Crippen LogP contribution in [0.1, 0.15) is 12.8 Å². The first-order valence-corrected chi connectivity index (χ1v) is 2.08. The summed E-state index contributed by atoms with van der Waals surface area (Å²) in [6.45, 7) is 2.00. The molecule has 0 bridgehead atoms. The van der Waals surface area contributed by atoms with Gasteiger partial charge in [-0.25, -0.2) is 0 Å². The van der Waals surface area contributed by atoms with Gasteiger partial charge in [-0.3, -0.25) is 0 Å². The molecule has 1 saturated heterocycles. The summed E-state index contributed by atoms with van der Waals surface area (Å²) in [5.41, 5.74) is 0. The van der Waals surface area contributed by atoms with Gasteiger partial charge in [-0.1, -0.05) is 0 Å². The van der Waals surface area contributed by atoms with Crippen LogP contribution < -0.4 is 0 Å². The number of hydrogen-bond donors (Lipinski definition) is 0. The predicted molar refractivity (Wildman–Crippen MR) is 31.2 cm³/mol. The van der Waals surface area contributed by atoms with Crippen molar-refractivity contribution in [3.05, 3.63) is 0 Å². The molecule has 1 aliphatic heterocycles. The van der Waals surface area contributed by atoms with Crippen molar-refractivity contribution in [1.29, 1.82) is 0 Å². The topological polar surface area (TPSA) is 9.23 Å². The van der Waals surface area contributed by atoms with Crippen LogP contribution in [0.2, 0.25) is 0 Å². The van der Waals surface area contributed by atoms with Crippen molar-refractivity contribution in [2.24, 2.45) is 0 Å². The Labute approximate surface area is 41.7 Å². The van der Waals surface area contributed by atoms with Crippen LogP contribution in [0.4, 0.5) is 0 Å². The van der Waals surface area contributed by atoms with E-state index in [1.54, 1.807) is 0 Å². The zero-order valence-corrected chi connectivity index (χ0v) is 5.36. The maximum absolute atomic E-state index is 4.94. The number of hydrogen-bond acceptors (Lipinski definition) is 1. The van der Waals surface area contributed by atoms with E-state index in [9.17, 15) is 0 Å². The summed E-state index contributed by atoms with van der Waals surface area (Å²) in [7, 11) is 0. The van der Waals surface area contributed by atoms with E-state index in [2.05, 4.69) is 0 Å². The van der Waals surface area contributed by atoms with Crippen molar-refractivity contribution in [3.8, 4) is 0 Å². The molecule has 1 rings (SSSR count). The van der Waals surface area contributed by atoms with Crippen molar-refractivity contribution < 1.29 is 4.74 Å². The maximum atomic E-state index is 4.94. The fraction of sp³-hybridized carbons (Fsp3) is 1.00. The molecule has 0 saturated carbocycles. The fourth-order valence-corrected chi connectivity index (χ4v) is 0.510. The van der Waals surface area contributed by atoms with E-state index in [1.807, 2.05) is 0 Å². The Balaban J connectivity index is 0.000000250. The summed E-state index contributed by atoms with van der Waals surface area (Å²) >= 11 is 0. The standard InChI is InChI=1S/C4H8O.H3P/c1-2-4-5-3-1;/h1-4H2;1H3. The Bertz CT molecular complexity index is 19.1. The smallest absolute Gasteiger partial charge is 0.0466 e. The van der Waals surface area contributed by atoms with Crippen LogP contribution in [0, 0.1) is 0 Å². The number of rotatable bonds is 0. The molecular formula is C4H11OP. The Morgan fingerprint density at radius 3 is 1.67 bits per heavy atom. The largest absolute Gasteiger partial charge is 0.381 e. The molecule has 0 amide bonds. The van der Waals surface area contributed by atoms with Gasteiger partial charge in [0.2, 0.25) is 0 Å². The second-order valence-corrected chi connectivity index (χ2v) is 1.32. The Morgan fingerprint density at radius 1 is 1.00 bits per heavy atom. The molecule has 1 fully saturated rings. The van der Waals surface area contributed by atoms with E-state index >= 15 is 0 Å². The zero-order chi connectivity index (χ0) is 3.54. The third-order valence-corrected chi connectivity index (χ3v) is 0.827. The van der Waals surface area contributed by atoms with Gasteiger partial charge in [0.15, 0.2) is 0 Å². The predicted octanol–water partition coefficient (Wildman–Crippen LogP) is 0.855. The molecule has 0 aromatic carbocycles. The quantitative estimate of drug-likeness (QED) is 0.416. The molecule has 0 spiro atoms. The molecule has 1 atom stereocenters. The lowest BCUT2D eigenvalue weighted by Crippen LogP contribution is -1.74. The molecule has 1 nitrogen and oxygen atoms in total. The minimum atomic E-state index is 0.